The molecule has 0 aromatic heterocycles. The quantitative estimate of drug-likeness (QED) is 0.186. The van der Waals surface area contributed by atoms with Gasteiger partial charge in [-0.25, -0.2) is 4.79 Å². The lowest BCUT2D eigenvalue weighted by atomic mass is 10.4. The van der Waals surface area contributed by atoms with Crippen molar-refractivity contribution in [3.05, 3.63) is 12.7 Å². The molecule has 0 aliphatic heterocycles. The molecule has 5 nitrogen and oxygen atoms in total. The van der Waals surface area contributed by atoms with Gasteiger partial charge in [0.05, 0.1) is 6.61 Å². The van der Waals surface area contributed by atoms with E-state index in [-0.39, 0.29) is 15.5 Å². The molecule has 0 unspecified atom stereocenters. The van der Waals surface area contributed by atoms with Crippen molar-refractivity contribution < 1.29 is 23.7 Å². The molecular weight excluding hydrogens is 252 g/mol. The predicted molar refractivity (Wildman–Crippen MR) is 72.3 cm³/mol. The molecule has 0 saturated carbocycles. The topological polar surface area (TPSA) is 54.0 Å². The van der Waals surface area contributed by atoms with Gasteiger partial charge in [-0.3, -0.25) is 0 Å². The van der Waals surface area contributed by atoms with Crippen LogP contribution >= 0.6 is 0 Å². The van der Waals surface area contributed by atoms with E-state index in [0.717, 1.165) is 24.9 Å². The standard InChI is InChI=1S/C12H24O5Si/c1-5-11(13)17-8-6-9-18-10-7-12(14-2,15-3)16-4/h5H,1,6-10,18H2,2-4H3. The van der Waals surface area contributed by atoms with E-state index in [0.29, 0.717) is 6.61 Å². The zero-order chi connectivity index (χ0) is 13.9. The summed E-state index contributed by atoms with van der Waals surface area (Å²) in [6, 6.07) is 2.18. The minimum Gasteiger partial charge on any atom is -0.463 e. The monoisotopic (exact) mass is 276 g/mol. The number of hydrogen-bond donors (Lipinski definition) is 0. The Hall–Kier alpha value is -0.693. The summed E-state index contributed by atoms with van der Waals surface area (Å²) < 4.78 is 20.5. The Morgan fingerprint density at radius 2 is 1.83 bits per heavy atom. The molecule has 0 aromatic rings. The summed E-state index contributed by atoms with van der Waals surface area (Å²) in [6.07, 6.45) is 2.82. The van der Waals surface area contributed by atoms with E-state index in [1.807, 2.05) is 0 Å². The lowest BCUT2D eigenvalue weighted by Gasteiger charge is -2.28. The summed E-state index contributed by atoms with van der Waals surface area (Å²) in [5.41, 5.74) is 0. The maximum atomic E-state index is 10.8. The van der Waals surface area contributed by atoms with E-state index >= 15 is 0 Å². The second kappa shape index (κ2) is 10.2. The first-order valence-corrected chi connectivity index (χ1v) is 8.08. The van der Waals surface area contributed by atoms with E-state index < -0.39 is 5.97 Å². The highest BCUT2D eigenvalue weighted by molar-refractivity contribution is 6.35. The number of hydrogen-bond acceptors (Lipinski definition) is 5. The van der Waals surface area contributed by atoms with Crippen molar-refractivity contribution in [2.24, 2.45) is 0 Å². The first-order valence-electron chi connectivity index (χ1n) is 6.08. The van der Waals surface area contributed by atoms with Gasteiger partial charge in [0, 0.05) is 43.3 Å². The third-order valence-electron chi connectivity index (χ3n) is 2.72. The number of carbonyl (C=O) groups is 1. The zero-order valence-corrected chi connectivity index (χ0v) is 13.0. The van der Waals surface area contributed by atoms with Crippen LogP contribution in [0.25, 0.3) is 0 Å². The molecule has 0 atom stereocenters. The van der Waals surface area contributed by atoms with Crippen molar-refractivity contribution in [3.63, 3.8) is 0 Å². The van der Waals surface area contributed by atoms with E-state index in [1.165, 1.54) is 6.08 Å². The summed E-state index contributed by atoms with van der Waals surface area (Å²) >= 11 is 0. The Labute approximate surface area is 111 Å². The minimum absolute atomic E-state index is 0.205. The number of methoxy groups -OCH3 is 3. The average molecular weight is 276 g/mol. The van der Waals surface area contributed by atoms with E-state index in [1.54, 1.807) is 21.3 Å². The van der Waals surface area contributed by atoms with Crippen molar-refractivity contribution in [2.45, 2.75) is 30.9 Å². The van der Waals surface area contributed by atoms with Crippen molar-refractivity contribution in [3.8, 4) is 0 Å². The lowest BCUT2D eigenvalue weighted by molar-refractivity contribution is -0.352. The van der Waals surface area contributed by atoms with Gasteiger partial charge in [-0.05, 0) is 6.42 Å². The van der Waals surface area contributed by atoms with Crippen LogP contribution in [0.1, 0.15) is 12.8 Å². The molecule has 0 N–H and O–H groups in total. The summed E-state index contributed by atoms with van der Waals surface area (Å²) in [6.45, 7) is 3.81. The first-order chi connectivity index (χ1) is 8.64. The Balaban J connectivity index is 3.55. The maximum Gasteiger partial charge on any atom is 0.330 e. The third-order valence-corrected chi connectivity index (χ3v) is 4.57. The average Bonchev–Trinajstić information content (AvgIpc) is 2.42. The summed E-state index contributed by atoms with van der Waals surface area (Å²) in [5.74, 6) is -1.25. The van der Waals surface area contributed by atoms with Gasteiger partial charge in [-0.15, -0.1) is 0 Å². The molecule has 0 heterocycles. The van der Waals surface area contributed by atoms with Gasteiger partial charge in [0.2, 0.25) is 0 Å². The maximum absolute atomic E-state index is 10.8. The van der Waals surface area contributed by atoms with Crippen molar-refractivity contribution in [1.82, 2.24) is 0 Å². The summed E-state index contributed by atoms with van der Waals surface area (Å²) in [7, 11) is 4.51. The fraction of sp³-hybridized carbons (Fsp3) is 0.750. The van der Waals surface area contributed by atoms with Crippen LogP contribution in [0.15, 0.2) is 12.7 Å². The Morgan fingerprint density at radius 3 is 2.33 bits per heavy atom. The fourth-order valence-corrected chi connectivity index (χ4v) is 3.18. The number of esters is 1. The second-order valence-electron chi connectivity index (χ2n) is 3.83. The molecule has 106 valence electrons. The number of rotatable bonds is 11. The first kappa shape index (κ1) is 17.3. The molecule has 0 radical (unpaired) electrons. The molecule has 0 aliphatic rings. The Morgan fingerprint density at radius 1 is 1.22 bits per heavy atom. The lowest BCUT2D eigenvalue weighted by Crippen LogP contribution is -2.36. The molecule has 0 fully saturated rings. The molecule has 0 aromatic carbocycles. The van der Waals surface area contributed by atoms with Crippen LogP contribution < -0.4 is 0 Å². The smallest absolute Gasteiger partial charge is 0.330 e. The van der Waals surface area contributed by atoms with Crippen molar-refractivity contribution in [1.29, 1.82) is 0 Å². The largest absolute Gasteiger partial charge is 0.463 e. The molecule has 18 heavy (non-hydrogen) atoms. The highest BCUT2D eigenvalue weighted by Gasteiger charge is 2.28. The van der Waals surface area contributed by atoms with Crippen molar-refractivity contribution >= 4 is 15.5 Å². The molecule has 0 bridgehead atoms. The van der Waals surface area contributed by atoms with Gasteiger partial charge in [0.25, 0.3) is 5.97 Å². The molecule has 6 heteroatoms. The van der Waals surface area contributed by atoms with E-state index in [4.69, 9.17) is 18.9 Å². The Bertz CT molecular complexity index is 232. The van der Waals surface area contributed by atoms with Crippen LogP contribution in [0.4, 0.5) is 0 Å². The minimum atomic E-state index is -0.900. The SMILES string of the molecule is C=CC(=O)OCCC[SiH2]CCC(OC)(OC)OC. The second-order valence-corrected chi connectivity index (χ2v) is 5.95. The van der Waals surface area contributed by atoms with E-state index in [9.17, 15) is 4.79 Å². The Kier molecular flexibility index (Phi) is 9.86. The number of carbonyl (C=O) groups excluding carboxylic acids is 1. The van der Waals surface area contributed by atoms with Crippen LogP contribution in [0.5, 0.6) is 0 Å². The molecule has 0 aliphatic carbocycles. The normalized spacial score (nSPS) is 11.9. The van der Waals surface area contributed by atoms with Gasteiger partial charge in [0.15, 0.2) is 0 Å². The van der Waals surface area contributed by atoms with Crippen LogP contribution in [-0.4, -0.2) is 49.4 Å². The molecular formula is C12H24O5Si. The van der Waals surface area contributed by atoms with Gasteiger partial charge in [0.1, 0.15) is 0 Å². The van der Waals surface area contributed by atoms with Crippen LogP contribution in [0.3, 0.4) is 0 Å². The molecule has 0 spiro atoms. The third kappa shape index (κ3) is 6.90. The molecule has 0 saturated heterocycles. The van der Waals surface area contributed by atoms with Crippen LogP contribution in [0.2, 0.25) is 12.1 Å². The summed E-state index contributed by atoms with van der Waals surface area (Å²) in [5, 5.41) is 0. The highest BCUT2D eigenvalue weighted by Crippen LogP contribution is 2.19. The number of ether oxygens (including phenoxy) is 4. The zero-order valence-electron chi connectivity index (χ0n) is 11.6. The van der Waals surface area contributed by atoms with Crippen LogP contribution in [0, 0.1) is 0 Å². The van der Waals surface area contributed by atoms with Crippen LogP contribution in [-0.2, 0) is 23.7 Å². The van der Waals surface area contributed by atoms with Gasteiger partial charge < -0.3 is 18.9 Å². The van der Waals surface area contributed by atoms with Gasteiger partial charge in [-0.1, -0.05) is 18.7 Å². The van der Waals surface area contributed by atoms with Gasteiger partial charge in [-0.2, -0.15) is 0 Å². The predicted octanol–water partition coefficient (Wildman–Crippen LogP) is 1.09. The van der Waals surface area contributed by atoms with E-state index in [2.05, 4.69) is 6.58 Å². The molecule has 0 rings (SSSR count). The fourth-order valence-electron chi connectivity index (χ4n) is 1.58. The molecule has 0 amide bonds. The highest BCUT2D eigenvalue weighted by atomic mass is 28.2. The summed E-state index contributed by atoms with van der Waals surface area (Å²) in [4.78, 5) is 10.8. The van der Waals surface area contributed by atoms with Gasteiger partial charge >= 0.3 is 5.97 Å². The van der Waals surface area contributed by atoms with Crippen molar-refractivity contribution in [2.75, 3.05) is 27.9 Å².